The molecule has 0 bridgehead atoms. The van der Waals surface area contributed by atoms with Crippen molar-refractivity contribution in [3.63, 3.8) is 0 Å². The second-order valence-electron chi connectivity index (χ2n) is 6.51. The van der Waals surface area contributed by atoms with E-state index in [9.17, 15) is 14.0 Å². The predicted octanol–water partition coefficient (Wildman–Crippen LogP) is 3.70. The van der Waals surface area contributed by atoms with Crippen LogP contribution in [0.2, 0.25) is 0 Å². The number of aromatic nitrogens is 2. The van der Waals surface area contributed by atoms with E-state index in [4.69, 9.17) is 4.42 Å². The van der Waals surface area contributed by atoms with Crippen LogP contribution in [0.1, 0.15) is 28.6 Å². The summed E-state index contributed by atoms with van der Waals surface area (Å²) >= 11 is 1.63. The fourth-order valence-corrected chi connectivity index (χ4v) is 3.54. The minimum atomic E-state index is -0.558. The lowest BCUT2D eigenvalue weighted by molar-refractivity contribution is -0.117. The van der Waals surface area contributed by atoms with Crippen LogP contribution in [-0.4, -0.2) is 34.8 Å². The highest BCUT2D eigenvalue weighted by atomic mass is 32.2. The monoisotopic (exact) mass is 412 g/mol. The van der Waals surface area contributed by atoms with Crippen LogP contribution in [0.25, 0.3) is 0 Å². The van der Waals surface area contributed by atoms with Gasteiger partial charge >= 0.3 is 6.01 Å². The van der Waals surface area contributed by atoms with Crippen LogP contribution in [0.15, 0.2) is 57.8 Å². The molecule has 1 fully saturated rings. The fraction of sp³-hybridized carbons (Fsp3) is 0.200. The summed E-state index contributed by atoms with van der Waals surface area (Å²) < 4.78 is 18.8. The number of rotatable bonds is 5. The van der Waals surface area contributed by atoms with Crippen LogP contribution in [0.3, 0.4) is 0 Å². The third kappa shape index (κ3) is 4.14. The van der Waals surface area contributed by atoms with Crippen molar-refractivity contribution in [3.05, 3.63) is 65.8 Å². The molecule has 3 aromatic rings. The molecule has 9 heteroatoms. The SMILES string of the molecule is CSc1ccc(N2CC(c3nnc(NC(=O)c4cccc(F)c4)o3)CC2=O)cc1. The smallest absolute Gasteiger partial charge is 0.322 e. The molecule has 148 valence electrons. The molecule has 2 heterocycles. The first-order chi connectivity index (χ1) is 14.0. The fourth-order valence-electron chi connectivity index (χ4n) is 3.13. The average molecular weight is 412 g/mol. The van der Waals surface area contributed by atoms with Crippen molar-refractivity contribution < 1.29 is 18.4 Å². The van der Waals surface area contributed by atoms with E-state index >= 15 is 0 Å². The zero-order valence-electron chi connectivity index (χ0n) is 15.5. The molecule has 1 aromatic heterocycles. The number of nitrogens with one attached hydrogen (secondary N) is 1. The van der Waals surface area contributed by atoms with E-state index < -0.39 is 11.7 Å². The summed E-state index contributed by atoms with van der Waals surface area (Å²) in [7, 11) is 0. The topological polar surface area (TPSA) is 88.3 Å². The minimum absolute atomic E-state index is 0.0320. The van der Waals surface area contributed by atoms with Crippen molar-refractivity contribution in [1.29, 1.82) is 0 Å². The third-order valence-corrected chi connectivity index (χ3v) is 5.35. The van der Waals surface area contributed by atoms with Crippen LogP contribution in [-0.2, 0) is 4.79 Å². The average Bonchev–Trinajstić information content (AvgIpc) is 3.34. The van der Waals surface area contributed by atoms with Gasteiger partial charge in [0.15, 0.2) is 0 Å². The number of carbonyl (C=O) groups excluding carboxylic acids is 2. The van der Waals surface area contributed by atoms with Crippen molar-refractivity contribution in [2.75, 3.05) is 23.0 Å². The molecule has 1 aliphatic heterocycles. The largest absolute Gasteiger partial charge is 0.407 e. The van der Waals surface area contributed by atoms with Gasteiger partial charge in [-0.3, -0.25) is 14.9 Å². The molecule has 2 amide bonds. The van der Waals surface area contributed by atoms with Crippen molar-refractivity contribution in [2.45, 2.75) is 17.2 Å². The van der Waals surface area contributed by atoms with Crippen molar-refractivity contribution in [3.8, 4) is 0 Å². The Kier molecular flexibility index (Phi) is 5.30. The van der Waals surface area contributed by atoms with Gasteiger partial charge in [-0.2, -0.15) is 0 Å². The van der Waals surface area contributed by atoms with Gasteiger partial charge in [0.2, 0.25) is 11.8 Å². The first kappa shape index (κ1) is 19.1. The molecule has 2 aromatic carbocycles. The van der Waals surface area contributed by atoms with Gasteiger partial charge in [0.1, 0.15) is 5.82 Å². The van der Waals surface area contributed by atoms with E-state index in [0.29, 0.717) is 6.54 Å². The zero-order chi connectivity index (χ0) is 20.4. The van der Waals surface area contributed by atoms with E-state index in [-0.39, 0.29) is 35.7 Å². The normalized spacial score (nSPS) is 16.3. The number of carbonyl (C=O) groups is 2. The molecule has 1 aliphatic rings. The number of amides is 2. The van der Waals surface area contributed by atoms with Crippen molar-refractivity contribution in [2.24, 2.45) is 0 Å². The quantitative estimate of drug-likeness (QED) is 0.643. The number of hydrogen-bond donors (Lipinski definition) is 1. The Balaban J connectivity index is 1.44. The van der Waals surface area contributed by atoms with Gasteiger partial charge in [-0.05, 0) is 48.7 Å². The molecule has 1 atom stereocenters. The van der Waals surface area contributed by atoms with Gasteiger partial charge in [0, 0.05) is 29.1 Å². The molecule has 1 N–H and O–H groups in total. The molecule has 29 heavy (non-hydrogen) atoms. The summed E-state index contributed by atoms with van der Waals surface area (Å²) in [6, 6.07) is 12.9. The van der Waals surface area contributed by atoms with Gasteiger partial charge in [-0.1, -0.05) is 11.2 Å². The Labute approximate surface area is 170 Å². The van der Waals surface area contributed by atoms with Gasteiger partial charge < -0.3 is 9.32 Å². The zero-order valence-corrected chi connectivity index (χ0v) is 16.3. The Hall–Kier alpha value is -3.20. The summed E-state index contributed by atoms with van der Waals surface area (Å²) in [6.07, 6.45) is 2.23. The lowest BCUT2D eigenvalue weighted by Gasteiger charge is -2.16. The molecule has 0 aliphatic carbocycles. The number of hydrogen-bond acceptors (Lipinski definition) is 6. The van der Waals surface area contributed by atoms with Crippen LogP contribution in [0.5, 0.6) is 0 Å². The summed E-state index contributed by atoms with van der Waals surface area (Å²) in [4.78, 5) is 27.4. The molecule has 7 nitrogen and oxygen atoms in total. The summed E-state index contributed by atoms with van der Waals surface area (Å²) in [5.41, 5.74) is 0.954. The standard InChI is InChI=1S/C20H17FN4O3S/c1-29-16-7-5-15(6-8-16)25-11-13(10-17(25)26)19-23-24-20(28-19)22-18(27)12-3-2-4-14(21)9-12/h2-9,13H,10-11H2,1H3,(H,22,24,27). The lowest BCUT2D eigenvalue weighted by Crippen LogP contribution is -2.24. The van der Waals surface area contributed by atoms with Crippen molar-refractivity contribution in [1.82, 2.24) is 10.2 Å². The van der Waals surface area contributed by atoms with Crippen LogP contribution in [0, 0.1) is 5.82 Å². The highest BCUT2D eigenvalue weighted by Gasteiger charge is 2.35. The first-order valence-electron chi connectivity index (χ1n) is 8.88. The molecule has 1 saturated heterocycles. The molecule has 4 rings (SSSR count). The number of benzene rings is 2. The molecule has 0 spiro atoms. The van der Waals surface area contributed by atoms with Gasteiger partial charge in [0.25, 0.3) is 5.91 Å². The number of halogens is 1. The van der Waals surface area contributed by atoms with Gasteiger partial charge in [-0.15, -0.1) is 16.9 Å². The molecular formula is C20H17FN4O3S. The van der Waals surface area contributed by atoms with E-state index in [0.717, 1.165) is 16.6 Å². The molecule has 1 unspecified atom stereocenters. The van der Waals surface area contributed by atoms with E-state index in [1.807, 2.05) is 30.5 Å². The first-order valence-corrected chi connectivity index (χ1v) is 10.1. The van der Waals surface area contributed by atoms with E-state index in [2.05, 4.69) is 15.5 Å². The van der Waals surface area contributed by atoms with Gasteiger partial charge in [0.05, 0.1) is 5.92 Å². The molecule has 0 radical (unpaired) electrons. The Morgan fingerprint density at radius 1 is 1.24 bits per heavy atom. The van der Waals surface area contributed by atoms with Crippen LogP contribution < -0.4 is 10.2 Å². The number of thioether (sulfide) groups is 1. The Morgan fingerprint density at radius 2 is 2.03 bits per heavy atom. The van der Waals surface area contributed by atoms with Crippen LogP contribution >= 0.6 is 11.8 Å². The predicted molar refractivity (Wildman–Crippen MR) is 107 cm³/mol. The number of anilines is 2. The molecular weight excluding hydrogens is 395 g/mol. The Morgan fingerprint density at radius 3 is 2.76 bits per heavy atom. The highest BCUT2D eigenvalue weighted by molar-refractivity contribution is 7.98. The summed E-state index contributed by atoms with van der Waals surface area (Å²) in [6.45, 7) is 0.414. The van der Waals surface area contributed by atoms with Crippen LogP contribution in [0.4, 0.5) is 16.1 Å². The maximum atomic E-state index is 13.3. The maximum Gasteiger partial charge on any atom is 0.322 e. The van der Waals surface area contributed by atoms with E-state index in [1.165, 1.54) is 18.2 Å². The number of nitrogens with zero attached hydrogens (tertiary/aromatic N) is 3. The second kappa shape index (κ2) is 8.04. The third-order valence-electron chi connectivity index (χ3n) is 4.61. The minimum Gasteiger partial charge on any atom is -0.407 e. The highest BCUT2D eigenvalue weighted by Crippen LogP contribution is 2.32. The summed E-state index contributed by atoms with van der Waals surface area (Å²) in [5.74, 6) is -1.10. The van der Waals surface area contributed by atoms with E-state index in [1.54, 1.807) is 16.7 Å². The van der Waals surface area contributed by atoms with Gasteiger partial charge in [-0.25, -0.2) is 4.39 Å². The Bertz CT molecular complexity index is 1050. The maximum absolute atomic E-state index is 13.3. The second-order valence-corrected chi connectivity index (χ2v) is 7.39. The van der Waals surface area contributed by atoms with Crippen molar-refractivity contribution >= 4 is 35.3 Å². The lowest BCUT2D eigenvalue weighted by atomic mass is 10.1. The summed E-state index contributed by atoms with van der Waals surface area (Å²) in [5, 5.41) is 10.2. The molecule has 0 saturated carbocycles.